The molecule has 2 aromatic carbocycles. The van der Waals surface area contributed by atoms with Crippen LogP contribution in [0.2, 0.25) is 0 Å². The number of benzene rings is 2. The van der Waals surface area contributed by atoms with E-state index in [2.05, 4.69) is 25.7 Å². The van der Waals surface area contributed by atoms with Crippen molar-refractivity contribution in [3.8, 4) is 17.2 Å². The van der Waals surface area contributed by atoms with Crippen molar-refractivity contribution in [1.29, 1.82) is 0 Å². The Hall–Kier alpha value is -2.55. The zero-order valence-corrected chi connectivity index (χ0v) is 22.8. The van der Waals surface area contributed by atoms with Gasteiger partial charge in [-0.25, -0.2) is 4.98 Å². The second-order valence-electron chi connectivity index (χ2n) is 7.85. The fourth-order valence-corrected chi connectivity index (χ4v) is 4.74. The molecule has 0 bridgehead atoms. The van der Waals surface area contributed by atoms with Gasteiger partial charge in [-0.05, 0) is 55.9 Å². The van der Waals surface area contributed by atoms with Crippen molar-refractivity contribution in [3.05, 3.63) is 42.0 Å². The smallest absolute Gasteiger partial charge is 0.260 e. The van der Waals surface area contributed by atoms with E-state index in [1.165, 1.54) is 11.3 Å². The summed E-state index contributed by atoms with van der Waals surface area (Å²) in [6, 6.07) is 11.1. The van der Waals surface area contributed by atoms with Crippen molar-refractivity contribution in [2.75, 3.05) is 51.9 Å². The highest BCUT2D eigenvalue weighted by Gasteiger charge is 2.24. The molecule has 0 spiro atoms. The SMILES string of the molecule is CCCCOc1ccc(C(=O)N(CCN(CC)CC)c2nc3c(OC)ccc(OC)c3s2)cc1.Cl. The molecule has 1 heterocycles. The Bertz CT molecular complexity index is 1030. The Kier molecular flexibility index (Phi) is 11.6. The second-order valence-corrected chi connectivity index (χ2v) is 8.83. The number of rotatable bonds is 13. The maximum atomic E-state index is 13.7. The molecule has 7 nitrogen and oxygen atoms in total. The number of halogens is 1. The van der Waals surface area contributed by atoms with E-state index in [-0.39, 0.29) is 18.3 Å². The van der Waals surface area contributed by atoms with Crippen LogP contribution >= 0.6 is 23.7 Å². The summed E-state index contributed by atoms with van der Waals surface area (Å²) in [5, 5.41) is 0.623. The zero-order valence-electron chi connectivity index (χ0n) is 21.2. The number of unbranched alkanes of at least 4 members (excludes halogenated alkanes) is 1. The number of nitrogens with zero attached hydrogens (tertiary/aromatic N) is 3. The van der Waals surface area contributed by atoms with Crippen molar-refractivity contribution in [1.82, 2.24) is 9.88 Å². The van der Waals surface area contributed by atoms with Gasteiger partial charge < -0.3 is 19.1 Å². The number of anilines is 1. The minimum atomic E-state index is -0.0933. The van der Waals surface area contributed by atoms with E-state index in [1.807, 2.05) is 36.4 Å². The molecule has 9 heteroatoms. The molecular weight excluding hydrogens is 486 g/mol. The number of fused-ring (bicyclic) bond motifs is 1. The highest BCUT2D eigenvalue weighted by molar-refractivity contribution is 7.22. The lowest BCUT2D eigenvalue weighted by Gasteiger charge is -2.24. The highest BCUT2D eigenvalue weighted by Crippen LogP contribution is 2.40. The summed E-state index contributed by atoms with van der Waals surface area (Å²) in [7, 11) is 3.25. The summed E-state index contributed by atoms with van der Waals surface area (Å²) >= 11 is 1.44. The van der Waals surface area contributed by atoms with Crippen molar-refractivity contribution in [2.24, 2.45) is 0 Å². The van der Waals surface area contributed by atoms with Gasteiger partial charge in [0.25, 0.3) is 5.91 Å². The Morgan fingerprint density at radius 3 is 2.20 bits per heavy atom. The first-order valence-electron chi connectivity index (χ1n) is 11.8. The molecule has 3 rings (SSSR count). The molecule has 0 atom stereocenters. The largest absolute Gasteiger partial charge is 0.495 e. The number of hydrogen-bond donors (Lipinski definition) is 0. The molecule has 192 valence electrons. The van der Waals surface area contributed by atoms with Crippen LogP contribution in [0.3, 0.4) is 0 Å². The molecule has 0 aliphatic carbocycles. The van der Waals surface area contributed by atoms with Gasteiger partial charge in [0.15, 0.2) is 5.13 Å². The van der Waals surface area contributed by atoms with Crippen LogP contribution in [0.5, 0.6) is 17.2 Å². The highest BCUT2D eigenvalue weighted by atomic mass is 35.5. The third-order valence-corrected chi connectivity index (χ3v) is 6.87. The number of ether oxygens (including phenoxy) is 3. The van der Waals surface area contributed by atoms with Crippen LogP contribution in [0.1, 0.15) is 44.0 Å². The normalized spacial score (nSPS) is 10.8. The molecule has 0 radical (unpaired) electrons. The minimum absolute atomic E-state index is 0. The van der Waals surface area contributed by atoms with E-state index in [9.17, 15) is 4.79 Å². The van der Waals surface area contributed by atoms with Gasteiger partial charge in [0.05, 0.1) is 20.8 Å². The van der Waals surface area contributed by atoms with Gasteiger partial charge in [0, 0.05) is 18.7 Å². The van der Waals surface area contributed by atoms with Gasteiger partial charge in [-0.15, -0.1) is 12.4 Å². The van der Waals surface area contributed by atoms with E-state index in [0.717, 1.165) is 42.9 Å². The minimum Gasteiger partial charge on any atom is -0.495 e. The average Bonchev–Trinajstić information content (AvgIpc) is 3.31. The van der Waals surface area contributed by atoms with Crippen LogP contribution in [0.4, 0.5) is 5.13 Å². The van der Waals surface area contributed by atoms with E-state index in [0.29, 0.717) is 40.9 Å². The number of carbonyl (C=O) groups excluding carboxylic acids is 1. The predicted molar refractivity (Wildman–Crippen MR) is 146 cm³/mol. The molecule has 0 unspecified atom stereocenters. The van der Waals surface area contributed by atoms with Gasteiger partial charge in [-0.1, -0.05) is 38.5 Å². The van der Waals surface area contributed by atoms with Gasteiger partial charge >= 0.3 is 0 Å². The Labute approximate surface area is 218 Å². The molecule has 1 amide bonds. The molecule has 0 saturated carbocycles. The Morgan fingerprint density at radius 1 is 0.943 bits per heavy atom. The number of methoxy groups -OCH3 is 2. The topological polar surface area (TPSA) is 64.1 Å². The predicted octanol–water partition coefficient (Wildman–Crippen LogP) is 5.90. The molecule has 0 fully saturated rings. The van der Waals surface area contributed by atoms with Crippen LogP contribution < -0.4 is 19.1 Å². The molecule has 0 aliphatic rings. The molecular formula is C26H36ClN3O4S. The fraction of sp³-hybridized carbons (Fsp3) is 0.462. The number of carbonyl (C=O) groups is 1. The summed E-state index contributed by atoms with van der Waals surface area (Å²) < 4.78 is 17.7. The number of aromatic nitrogens is 1. The summed E-state index contributed by atoms with van der Waals surface area (Å²) in [6.45, 7) is 10.2. The van der Waals surface area contributed by atoms with Gasteiger partial charge in [0.2, 0.25) is 0 Å². The monoisotopic (exact) mass is 521 g/mol. The van der Waals surface area contributed by atoms with Crippen molar-refractivity contribution >= 4 is 45.0 Å². The molecule has 3 aromatic rings. The van der Waals surface area contributed by atoms with Crippen molar-refractivity contribution < 1.29 is 19.0 Å². The zero-order chi connectivity index (χ0) is 24.5. The number of hydrogen-bond acceptors (Lipinski definition) is 7. The van der Waals surface area contributed by atoms with Crippen molar-refractivity contribution in [3.63, 3.8) is 0 Å². The van der Waals surface area contributed by atoms with Gasteiger partial charge in [-0.3, -0.25) is 9.69 Å². The van der Waals surface area contributed by atoms with E-state index < -0.39 is 0 Å². The quantitative estimate of drug-likeness (QED) is 0.261. The van der Waals surface area contributed by atoms with Crippen molar-refractivity contribution in [2.45, 2.75) is 33.6 Å². The van der Waals surface area contributed by atoms with Gasteiger partial charge in [-0.2, -0.15) is 0 Å². The number of thiazole rings is 1. The number of amides is 1. The third-order valence-electron chi connectivity index (χ3n) is 5.78. The van der Waals surface area contributed by atoms with E-state index in [4.69, 9.17) is 19.2 Å². The van der Waals surface area contributed by atoms with Crippen LogP contribution in [-0.2, 0) is 0 Å². The maximum absolute atomic E-state index is 13.7. The lowest BCUT2D eigenvalue weighted by atomic mass is 10.2. The van der Waals surface area contributed by atoms with Gasteiger partial charge in [0.1, 0.15) is 27.5 Å². The standard InChI is InChI=1S/C26H35N3O4S.ClH/c1-6-9-18-33-20-12-10-19(11-13-20)25(30)29(17-16-28(7-2)8-3)26-27-23-21(31-4)14-15-22(32-5)24(23)34-26;/h10-15H,6-9,16-18H2,1-5H3;1H. The number of likely N-dealkylation sites (N-methyl/N-ethyl adjacent to an activating group) is 1. The molecule has 0 saturated heterocycles. The van der Waals surface area contributed by atoms with Crippen LogP contribution in [-0.4, -0.2) is 62.8 Å². The first-order valence-corrected chi connectivity index (χ1v) is 12.7. The molecule has 1 aromatic heterocycles. The summed E-state index contributed by atoms with van der Waals surface area (Å²) in [5.74, 6) is 2.05. The molecule has 35 heavy (non-hydrogen) atoms. The summed E-state index contributed by atoms with van der Waals surface area (Å²) in [4.78, 5) is 22.5. The van der Waals surface area contributed by atoms with Crippen LogP contribution in [0.25, 0.3) is 10.2 Å². The molecule has 0 aliphatic heterocycles. The maximum Gasteiger partial charge on any atom is 0.260 e. The first-order chi connectivity index (χ1) is 16.6. The Balaban J connectivity index is 0.00000432. The second kappa shape index (κ2) is 14.1. The lowest BCUT2D eigenvalue weighted by molar-refractivity contribution is 0.0983. The van der Waals surface area contributed by atoms with E-state index in [1.54, 1.807) is 19.1 Å². The third kappa shape index (κ3) is 6.99. The van der Waals surface area contributed by atoms with E-state index >= 15 is 0 Å². The summed E-state index contributed by atoms with van der Waals surface area (Å²) in [5.41, 5.74) is 1.29. The average molecular weight is 522 g/mol. The summed E-state index contributed by atoms with van der Waals surface area (Å²) in [6.07, 6.45) is 2.08. The fourth-order valence-electron chi connectivity index (χ4n) is 3.64. The lowest BCUT2D eigenvalue weighted by Crippen LogP contribution is -2.38. The van der Waals surface area contributed by atoms with Crippen LogP contribution in [0, 0.1) is 0 Å². The Morgan fingerprint density at radius 2 is 1.60 bits per heavy atom. The first kappa shape index (κ1) is 28.7. The van der Waals surface area contributed by atoms with Crippen LogP contribution in [0.15, 0.2) is 36.4 Å². The molecule has 0 N–H and O–H groups in total.